The van der Waals surface area contributed by atoms with Crippen LogP contribution < -0.4 is 9.46 Å². The molecule has 152 valence electrons. The number of benzene rings is 2. The fraction of sp³-hybridized carbons (Fsp3) is 0.211. The quantitative estimate of drug-likeness (QED) is 0.441. The van der Waals surface area contributed by atoms with Crippen molar-refractivity contribution in [1.29, 1.82) is 0 Å². The highest BCUT2D eigenvalue weighted by Gasteiger charge is 2.19. The van der Waals surface area contributed by atoms with E-state index in [1.807, 2.05) is 12.1 Å². The summed E-state index contributed by atoms with van der Waals surface area (Å²) in [5.41, 5.74) is 1.52. The second kappa shape index (κ2) is 8.41. The number of sulfonamides is 1. The minimum absolute atomic E-state index is 0.00201. The highest BCUT2D eigenvalue weighted by molar-refractivity contribution is 7.89. The van der Waals surface area contributed by atoms with E-state index >= 15 is 0 Å². The highest BCUT2D eigenvalue weighted by atomic mass is 32.2. The van der Waals surface area contributed by atoms with Gasteiger partial charge < -0.3 is 9.15 Å². The Balaban J connectivity index is 1.63. The third-order valence-electron chi connectivity index (χ3n) is 4.22. The van der Waals surface area contributed by atoms with E-state index in [0.717, 1.165) is 11.3 Å². The number of nitro groups is 1. The maximum Gasteiger partial charge on any atom is 0.269 e. The topological polar surface area (TPSA) is 125 Å². The molecule has 0 aliphatic carbocycles. The van der Waals surface area contributed by atoms with Gasteiger partial charge in [0.2, 0.25) is 15.9 Å². The Morgan fingerprint density at radius 2 is 1.93 bits per heavy atom. The first-order valence-corrected chi connectivity index (χ1v) is 10.1. The molecule has 29 heavy (non-hydrogen) atoms. The molecule has 0 radical (unpaired) electrons. The van der Waals surface area contributed by atoms with Gasteiger partial charge in [0.15, 0.2) is 0 Å². The molecule has 0 bridgehead atoms. The zero-order valence-electron chi connectivity index (χ0n) is 15.8. The normalized spacial score (nSPS) is 11.4. The molecule has 3 aromatic rings. The fourth-order valence-corrected chi connectivity index (χ4v) is 3.98. The number of non-ortho nitro benzene ring substituents is 1. The van der Waals surface area contributed by atoms with Gasteiger partial charge >= 0.3 is 0 Å². The predicted molar refractivity (Wildman–Crippen MR) is 105 cm³/mol. The summed E-state index contributed by atoms with van der Waals surface area (Å²) in [7, 11) is -2.22. The second-order valence-electron chi connectivity index (χ2n) is 6.23. The van der Waals surface area contributed by atoms with Crippen LogP contribution in [0.25, 0.3) is 11.5 Å². The number of rotatable bonds is 8. The van der Waals surface area contributed by atoms with Crippen LogP contribution in [0.5, 0.6) is 5.75 Å². The van der Waals surface area contributed by atoms with Crippen LogP contribution in [0.4, 0.5) is 5.69 Å². The van der Waals surface area contributed by atoms with Crippen molar-refractivity contribution < 1.29 is 22.5 Å². The number of nitro benzene ring substituents is 1. The van der Waals surface area contributed by atoms with Gasteiger partial charge in [-0.3, -0.25) is 10.1 Å². The minimum atomic E-state index is -3.80. The van der Waals surface area contributed by atoms with Crippen LogP contribution in [0.15, 0.2) is 58.0 Å². The van der Waals surface area contributed by atoms with E-state index < -0.39 is 14.9 Å². The van der Waals surface area contributed by atoms with Crippen LogP contribution in [0, 0.1) is 17.0 Å². The van der Waals surface area contributed by atoms with Crippen LogP contribution in [-0.2, 0) is 16.4 Å². The maximum absolute atomic E-state index is 12.5. The molecule has 1 heterocycles. The van der Waals surface area contributed by atoms with Crippen LogP contribution in [0.1, 0.15) is 11.3 Å². The zero-order chi connectivity index (χ0) is 21.0. The van der Waals surface area contributed by atoms with Crippen LogP contribution in [-0.4, -0.2) is 32.0 Å². The lowest BCUT2D eigenvalue weighted by molar-refractivity contribution is -0.385. The number of hydrogen-bond acceptors (Lipinski definition) is 7. The van der Waals surface area contributed by atoms with Gasteiger partial charge in [-0.15, -0.1) is 0 Å². The van der Waals surface area contributed by atoms with Gasteiger partial charge in [-0.2, -0.15) is 0 Å². The van der Waals surface area contributed by atoms with Crippen molar-refractivity contribution in [3.8, 4) is 17.2 Å². The summed E-state index contributed by atoms with van der Waals surface area (Å²) in [5, 5.41) is 10.8. The molecular formula is C19H19N3O6S. The van der Waals surface area contributed by atoms with Crippen LogP contribution >= 0.6 is 0 Å². The molecule has 0 saturated carbocycles. The number of ether oxygens (including phenoxy) is 1. The Morgan fingerprint density at radius 1 is 1.21 bits per heavy atom. The first-order chi connectivity index (χ1) is 13.8. The third kappa shape index (κ3) is 4.79. The molecule has 1 aromatic heterocycles. The fourth-order valence-electron chi connectivity index (χ4n) is 2.73. The zero-order valence-corrected chi connectivity index (χ0v) is 16.6. The molecular weight excluding hydrogens is 398 g/mol. The number of methoxy groups -OCH3 is 1. The van der Waals surface area contributed by atoms with Gasteiger partial charge in [-0.1, -0.05) is 0 Å². The Labute approximate surface area is 167 Å². The van der Waals surface area contributed by atoms with E-state index in [-0.39, 0.29) is 17.1 Å². The Morgan fingerprint density at radius 3 is 2.55 bits per heavy atom. The average Bonchev–Trinajstić information content (AvgIpc) is 3.16. The molecule has 0 atom stereocenters. The summed E-state index contributed by atoms with van der Waals surface area (Å²) >= 11 is 0. The summed E-state index contributed by atoms with van der Waals surface area (Å²) in [4.78, 5) is 14.6. The number of aromatic nitrogens is 1. The average molecular weight is 417 g/mol. The van der Waals surface area contributed by atoms with Crippen molar-refractivity contribution >= 4 is 15.7 Å². The molecule has 0 amide bonds. The molecule has 0 saturated heterocycles. The molecule has 0 aliphatic rings. The molecule has 1 N–H and O–H groups in total. The van der Waals surface area contributed by atoms with E-state index in [1.54, 1.807) is 19.2 Å². The monoisotopic (exact) mass is 417 g/mol. The number of hydrogen-bond donors (Lipinski definition) is 1. The van der Waals surface area contributed by atoms with E-state index in [1.165, 1.54) is 31.4 Å². The van der Waals surface area contributed by atoms with Gasteiger partial charge in [0.05, 0.1) is 22.6 Å². The van der Waals surface area contributed by atoms with Gasteiger partial charge in [0.25, 0.3) is 5.69 Å². The summed E-state index contributed by atoms with van der Waals surface area (Å²) in [6.45, 7) is 1.62. The summed E-state index contributed by atoms with van der Waals surface area (Å²) < 4.78 is 38.0. The summed E-state index contributed by atoms with van der Waals surface area (Å²) in [6.07, 6.45) is 1.80. The highest BCUT2D eigenvalue weighted by Crippen LogP contribution is 2.23. The molecule has 0 fully saturated rings. The van der Waals surface area contributed by atoms with E-state index in [0.29, 0.717) is 23.6 Å². The van der Waals surface area contributed by atoms with Gasteiger partial charge in [-0.25, -0.2) is 18.1 Å². The van der Waals surface area contributed by atoms with Crippen molar-refractivity contribution in [3.05, 3.63) is 70.1 Å². The SMILES string of the molecule is COc1ccc(-c2nc(CCNS(=O)(=O)c3ccc([N+](=O)[O-])cc3C)co2)cc1. The number of nitrogens with one attached hydrogen (secondary N) is 1. The van der Waals surface area contributed by atoms with Gasteiger partial charge in [0, 0.05) is 30.7 Å². The van der Waals surface area contributed by atoms with Crippen LogP contribution in [0.2, 0.25) is 0 Å². The van der Waals surface area contributed by atoms with Crippen molar-refractivity contribution in [2.45, 2.75) is 18.2 Å². The second-order valence-corrected chi connectivity index (χ2v) is 7.96. The number of nitrogens with zero attached hydrogens (tertiary/aromatic N) is 2. The van der Waals surface area contributed by atoms with E-state index in [2.05, 4.69) is 9.71 Å². The first kappa shape index (κ1) is 20.5. The number of aryl methyl sites for hydroxylation is 1. The molecule has 10 heteroatoms. The first-order valence-electron chi connectivity index (χ1n) is 8.63. The Hall–Kier alpha value is -3.24. The lowest BCUT2D eigenvalue weighted by Crippen LogP contribution is -2.26. The molecule has 9 nitrogen and oxygen atoms in total. The van der Waals surface area contributed by atoms with Crippen molar-refractivity contribution in [2.24, 2.45) is 0 Å². The van der Waals surface area contributed by atoms with Crippen molar-refractivity contribution in [3.63, 3.8) is 0 Å². The lowest BCUT2D eigenvalue weighted by Gasteiger charge is -2.08. The molecule has 0 spiro atoms. The molecule has 2 aromatic carbocycles. The van der Waals surface area contributed by atoms with Gasteiger partial charge in [-0.05, 0) is 42.8 Å². The minimum Gasteiger partial charge on any atom is -0.497 e. The Bertz CT molecular complexity index is 1120. The molecule has 0 unspecified atom stereocenters. The van der Waals surface area contributed by atoms with Crippen molar-refractivity contribution in [2.75, 3.05) is 13.7 Å². The largest absolute Gasteiger partial charge is 0.497 e. The number of oxazole rings is 1. The molecule has 3 rings (SSSR count). The maximum atomic E-state index is 12.5. The third-order valence-corrected chi connectivity index (χ3v) is 5.84. The predicted octanol–water partition coefficient (Wildman–Crippen LogP) is 3.09. The standard InChI is InChI=1S/C19H19N3O6S/c1-13-11-16(22(23)24)5-8-18(13)29(25,26)20-10-9-15-12-28-19(21-15)14-3-6-17(27-2)7-4-14/h3-8,11-12,20H,9-10H2,1-2H3. The summed E-state index contributed by atoms with van der Waals surface area (Å²) in [6, 6.07) is 10.8. The van der Waals surface area contributed by atoms with Gasteiger partial charge in [0.1, 0.15) is 12.0 Å². The van der Waals surface area contributed by atoms with E-state index in [9.17, 15) is 18.5 Å². The summed E-state index contributed by atoms with van der Waals surface area (Å²) in [5.74, 6) is 1.15. The smallest absolute Gasteiger partial charge is 0.269 e. The Kier molecular flexibility index (Phi) is 5.95. The lowest BCUT2D eigenvalue weighted by atomic mass is 10.2. The van der Waals surface area contributed by atoms with Crippen LogP contribution in [0.3, 0.4) is 0 Å². The molecule has 0 aliphatic heterocycles. The van der Waals surface area contributed by atoms with Crippen molar-refractivity contribution in [1.82, 2.24) is 9.71 Å². The van der Waals surface area contributed by atoms with E-state index in [4.69, 9.17) is 9.15 Å².